The van der Waals surface area contributed by atoms with Gasteiger partial charge in [0.05, 0.1) is 5.02 Å². The molecule has 1 N–H and O–H groups in total. The van der Waals surface area contributed by atoms with Crippen LogP contribution < -0.4 is 0 Å². The number of rotatable bonds is 2. The lowest BCUT2D eigenvalue weighted by Crippen LogP contribution is -2.36. The summed E-state index contributed by atoms with van der Waals surface area (Å²) in [6.07, 6.45) is 3.87. The summed E-state index contributed by atoms with van der Waals surface area (Å²) in [6.45, 7) is 5.52. The standard InChI is InChI=1S/C15H21ClN2O/c16-14-6-1-4-12(15(14)19)10-17-7-3-9-18-8-2-5-13(18)11-17/h1,4,6,13,19H,2-3,5,7-11H2. The second kappa shape index (κ2) is 5.70. The van der Waals surface area contributed by atoms with Gasteiger partial charge in [0.2, 0.25) is 0 Å². The zero-order valence-corrected chi connectivity index (χ0v) is 11.9. The lowest BCUT2D eigenvalue weighted by Gasteiger charge is -2.25. The first-order valence-electron chi connectivity index (χ1n) is 7.17. The van der Waals surface area contributed by atoms with Crippen LogP contribution in [-0.4, -0.2) is 47.1 Å². The Morgan fingerprint density at radius 1 is 1.21 bits per heavy atom. The molecule has 4 heteroatoms. The summed E-state index contributed by atoms with van der Waals surface area (Å²) < 4.78 is 0. The van der Waals surface area contributed by atoms with E-state index in [1.165, 1.54) is 32.4 Å². The average Bonchev–Trinajstić information content (AvgIpc) is 2.74. The highest BCUT2D eigenvalue weighted by Gasteiger charge is 2.28. The second-order valence-corrected chi connectivity index (χ2v) is 6.08. The molecule has 2 heterocycles. The van der Waals surface area contributed by atoms with E-state index in [9.17, 15) is 5.11 Å². The first-order chi connectivity index (χ1) is 9.24. The highest BCUT2D eigenvalue weighted by Crippen LogP contribution is 2.29. The number of aromatic hydroxyl groups is 1. The van der Waals surface area contributed by atoms with Crippen molar-refractivity contribution in [2.75, 3.05) is 26.2 Å². The molecular formula is C15H21ClN2O. The van der Waals surface area contributed by atoms with E-state index in [1.54, 1.807) is 6.07 Å². The molecule has 0 spiro atoms. The van der Waals surface area contributed by atoms with E-state index in [4.69, 9.17) is 11.6 Å². The third-order valence-corrected chi connectivity index (χ3v) is 4.66. The maximum atomic E-state index is 10.0. The molecule has 2 aliphatic rings. The molecule has 104 valence electrons. The van der Waals surface area contributed by atoms with E-state index in [0.717, 1.165) is 25.2 Å². The van der Waals surface area contributed by atoms with Crippen molar-refractivity contribution in [3.63, 3.8) is 0 Å². The molecule has 0 saturated carbocycles. The summed E-state index contributed by atoms with van der Waals surface area (Å²) in [4.78, 5) is 5.08. The third kappa shape index (κ3) is 2.88. The topological polar surface area (TPSA) is 26.7 Å². The fourth-order valence-electron chi connectivity index (χ4n) is 3.36. The lowest BCUT2D eigenvalue weighted by atomic mass is 10.1. The van der Waals surface area contributed by atoms with Gasteiger partial charge in [0.25, 0.3) is 0 Å². The van der Waals surface area contributed by atoms with Gasteiger partial charge in [-0.1, -0.05) is 23.7 Å². The molecule has 0 aromatic heterocycles. The van der Waals surface area contributed by atoms with Crippen molar-refractivity contribution in [1.82, 2.24) is 9.80 Å². The summed E-state index contributed by atoms with van der Waals surface area (Å²) in [6, 6.07) is 6.33. The molecule has 1 atom stereocenters. The van der Waals surface area contributed by atoms with Gasteiger partial charge in [0, 0.05) is 24.7 Å². The molecule has 2 saturated heterocycles. The van der Waals surface area contributed by atoms with Gasteiger partial charge in [-0.3, -0.25) is 9.80 Å². The highest BCUT2D eigenvalue weighted by molar-refractivity contribution is 6.32. The van der Waals surface area contributed by atoms with Gasteiger partial charge in [0.1, 0.15) is 5.75 Å². The molecule has 19 heavy (non-hydrogen) atoms. The highest BCUT2D eigenvalue weighted by atomic mass is 35.5. The number of phenols is 1. The van der Waals surface area contributed by atoms with E-state index in [-0.39, 0.29) is 5.75 Å². The Labute approximate surface area is 119 Å². The summed E-state index contributed by atoms with van der Waals surface area (Å²) >= 11 is 5.98. The molecule has 3 rings (SSSR count). The average molecular weight is 281 g/mol. The maximum Gasteiger partial charge on any atom is 0.138 e. The summed E-state index contributed by atoms with van der Waals surface area (Å²) in [5.41, 5.74) is 0.943. The van der Waals surface area contributed by atoms with Crippen molar-refractivity contribution in [3.8, 4) is 5.75 Å². The number of para-hydroxylation sites is 1. The van der Waals surface area contributed by atoms with Gasteiger partial charge in [-0.2, -0.15) is 0 Å². The van der Waals surface area contributed by atoms with Gasteiger partial charge in [0.15, 0.2) is 0 Å². The molecule has 3 nitrogen and oxygen atoms in total. The number of hydrogen-bond acceptors (Lipinski definition) is 3. The van der Waals surface area contributed by atoms with Crippen LogP contribution in [0.4, 0.5) is 0 Å². The van der Waals surface area contributed by atoms with Crippen LogP contribution in [0.5, 0.6) is 5.75 Å². The van der Waals surface area contributed by atoms with Crippen LogP contribution in [0.15, 0.2) is 18.2 Å². The van der Waals surface area contributed by atoms with Gasteiger partial charge < -0.3 is 5.11 Å². The molecule has 1 aromatic carbocycles. The quantitative estimate of drug-likeness (QED) is 0.902. The molecule has 0 amide bonds. The van der Waals surface area contributed by atoms with Gasteiger partial charge >= 0.3 is 0 Å². The monoisotopic (exact) mass is 280 g/mol. The normalized spacial score (nSPS) is 25.2. The predicted molar refractivity (Wildman–Crippen MR) is 77.6 cm³/mol. The molecule has 0 bridgehead atoms. The molecule has 1 aromatic rings. The van der Waals surface area contributed by atoms with Crippen molar-refractivity contribution in [2.24, 2.45) is 0 Å². The van der Waals surface area contributed by atoms with Crippen molar-refractivity contribution >= 4 is 11.6 Å². The lowest BCUT2D eigenvalue weighted by molar-refractivity contribution is 0.214. The van der Waals surface area contributed by atoms with Crippen LogP contribution in [-0.2, 0) is 6.54 Å². The van der Waals surface area contributed by atoms with Gasteiger partial charge in [-0.15, -0.1) is 0 Å². The minimum atomic E-state index is 0.247. The van der Waals surface area contributed by atoms with Crippen LogP contribution in [0.3, 0.4) is 0 Å². The Morgan fingerprint density at radius 2 is 2.05 bits per heavy atom. The minimum absolute atomic E-state index is 0.247. The van der Waals surface area contributed by atoms with E-state index in [1.807, 2.05) is 12.1 Å². The fraction of sp³-hybridized carbons (Fsp3) is 0.600. The zero-order valence-electron chi connectivity index (χ0n) is 11.2. The summed E-state index contributed by atoms with van der Waals surface area (Å²) in [5.74, 6) is 0.247. The summed E-state index contributed by atoms with van der Waals surface area (Å²) in [5, 5.41) is 10.5. The minimum Gasteiger partial charge on any atom is -0.506 e. The number of benzene rings is 1. The fourth-order valence-corrected chi connectivity index (χ4v) is 3.55. The van der Waals surface area contributed by atoms with E-state index < -0.39 is 0 Å². The number of nitrogens with zero attached hydrogens (tertiary/aromatic N) is 2. The van der Waals surface area contributed by atoms with Crippen LogP contribution in [0, 0.1) is 0 Å². The van der Waals surface area contributed by atoms with Gasteiger partial charge in [-0.05, 0) is 45.0 Å². The third-order valence-electron chi connectivity index (χ3n) is 4.35. The number of halogens is 1. The molecule has 1 unspecified atom stereocenters. The Morgan fingerprint density at radius 3 is 2.95 bits per heavy atom. The molecule has 2 fully saturated rings. The first kappa shape index (κ1) is 13.2. The Hall–Kier alpha value is -0.770. The van der Waals surface area contributed by atoms with Crippen molar-refractivity contribution < 1.29 is 5.11 Å². The SMILES string of the molecule is Oc1c(Cl)cccc1CN1CCCN2CCCC2C1. The number of phenolic OH excluding ortho intramolecular Hbond substituents is 1. The maximum absolute atomic E-state index is 10.0. The smallest absolute Gasteiger partial charge is 0.138 e. The van der Waals surface area contributed by atoms with Crippen molar-refractivity contribution in [3.05, 3.63) is 28.8 Å². The van der Waals surface area contributed by atoms with Gasteiger partial charge in [-0.25, -0.2) is 0 Å². The number of fused-ring (bicyclic) bond motifs is 1. The van der Waals surface area contributed by atoms with E-state index in [2.05, 4.69) is 9.80 Å². The first-order valence-corrected chi connectivity index (χ1v) is 7.54. The van der Waals surface area contributed by atoms with Crippen LogP contribution >= 0.6 is 11.6 Å². The Kier molecular flexibility index (Phi) is 3.96. The van der Waals surface area contributed by atoms with Crippen LogP contribution in [0.1, 0.15) is 24.8 Å². The van der Waals surface area contributed by atoms with E-state index >= 15 is 0 Å². The van der Waals surface area contributed by atoms with Crippen LogP contribution in [0.2, 0.25) is 5.02 Å². The summed E-state index contributed by atoms with van der Waals surface area (Å²) in [7, 11) is 0. The molecular weight excluding hydrogens is 260 g/mol. The van der Waals surface area contributed by atoms with Crippen molar-refractivity contribution in [2.45, 2.75) is 31.8 Å². The molecule has 0 radical (unpaired) electrons. The zero-order chi connectivity index (χ0) is 13.2. The second-order valence-electron chi connectivity index (χ2n) is 5.67. The van der Waals surface area contributed by atoms with Crippen LogP contribution in [0.25, 0.3) is 0 Å². The number of hydrogen-bond donors (Lipinski definition) is 1. The largest absolute Gasteiger partial charge is 0.506 e. The Balaban J connectivity index is 1.70. The Bertz CT molecular complexity index is 452. The molecule has 2 aliphatic heterocycles. The molecule has 0 aliphatic carbocycles. The predicted octanol–water partition coefficient (Wildman–Crippen LogP) is 2.72. The van der Waals surface area contributed by atoms with Crippen molar-refractivity contribution in [1.29, 1.82) is 0 Å². The van der Waals surface area contributed by atoms with E-state index in [0.29, 0.717) is 11.1 Å².